The van der Waals surface area contributed by atoms with E-state index in [1.165, 1.54) is 12.8 Å². The van der Waals surface area contributed by atoms with E-state index in [1.54, 1.807) is 6.20 Å². The second-order valence-corrected chi connectivity index (χ2v) is 9.70. The second kappa shape index (κ2) is 8.12. The van der Waals surface area contributed by atoms with E-state index in [-0.39, 0.29) is 23.8 Å². The molecule has 2 aromatic rings. The Hall–Kier alpha value is -2.52. The molecule has 0 bridgehead atoms. The van der Waals surface area contributed by atoms with Crippen molar-refractivity contribution in [2.24, 2.45) is 5.92 Å². The van der Waals surface area contributed by atoms with Crippen molar-refractivity contribution < 1.29 is 9.18 Å². The first-order chi connectivity index (χ1) is 15.7. The van der Waals surface area contributed by atoms with E-state index in [2.05, 4.69) is 31.2 Å². The molecule has 5 atom stereocenters. The van der Waals surface area contributed by atoms with Crippen LogP contribution in [0.1, 0.15) is 56.0 Å². The SMILES string of the molecule is O=C(Nc1ccc(N2CCCC2)nc1)C1NNC2CC(F)C(c3cnn(C4CC4)c3)CC21. The van der Waals surface area contributed by atoms with Gasteiger partial charge in [0.15, 0.2) is 0 Å². The molecule has 5 unspecified atom stereocenters. The fraction of sp³-hybridized carbons (Fsp3) is 0.609. The molecule has 0 aromatic carbocycles. The average molecular weight is 440 g/mol. The maximum Gasteiger partial charge on any atom is 0.243 e. The maximum absolute atomic E-state index is 15.0. The number of hydrogen-bond acceptors (Lipinski definition) is 6. The van der Waals surface area contributed by atoms with Crippen molar-refractivity contribution in [3.05, 3.63) is 36.3 Å². The number of hydrogen-bond donors (Lipinski definition) is 3. The summed E-state index contributed by atoms with van der Waals surface area (Å²) < 4.78 is 17.0. The number of anilines is 2. The maximum atomic E-state index is 15.0. The number of nitrogens with zero attached hydrogens (tertiary/aromatic N) is 4. The van der Waals surface area contributed by atoms with Crippen LogP contribution in [0.25, 0.3) is 0 Å². The van der Waals surface area contributed by atoms with E-state index < -0.39 is 12.2 Å². The zero-order valence-corrected chi connectivity index (χ0v) is 18.1. The second-order valence-electron chi connectivity index (χ2n) is 9.70. The molecule has 8 nitrogen and oxygen atoms in total. The summed E-state index contributed by atoms with van der Waals surface area (Å²) in [4.78, 5) is 19.9. The first-order valence-corrected chi connectivity index (χ1v) is 11.9. The Morgan fingerprint density at radius 3 is 2.72 bits per heavy atom. The molecule has 2 aliphatic heterocycles. The van der Waals surface area contributed by atoms with Crippen molar-refractivity contribution in [1.82, 2.24) is 25.6 Å². The lowest BCUT2D eigenvalue weighted by Gasteiger charge is -2.35. The summed E-state index contributed by atoms with van der Waals surface area (Å²) in [6.07, 6.45) is 10.3. The molecule has 6 rings (SSSR count). The van der Waals surface area contributed by atoms with Crippen molar-refractivity contribution in [3.63, 3.8) is 0 Å². The molecule has 3 N–H and O–H groups in total. The third kappa shape index (κ3) is 3.77. The molecule has 32 heavy (non-hydrogen) atoms. The highest BCUT2D eigenvalue weighted by Gasteiger charge is 2.47. The molecule has 2 saturated carbocycles. The van der Waals surface area contributed by atoms with Crippen molar-refractivity contribution in [2.75, 3.05) is 23.3 Å². The van der Waals surface area contributed by atoms with E-state index in [1.807, 2.05) is 29.2 Å². The number of fused-ring (bicyclic) bond motifs is 1. The third-order valence-electron chi connectivity index (χ3n) is 7.51. The Bertz CT molecular complexity index is 969. The first-order valence-electron chi connectivity index (χ1n) is 11.9. The number of aromatic nitrogens is 3. The zero-order valence-electron chi connectivity index (χ0n) is 18.1. The van der Waals surface area contributed by atoms with Crippen molar-refractivity contribution in [1.29, 1.82) is 0 Å². The van der Waals surface area contributed by atoms with Crippen molar-refractivity contribution in [2.45, 2.75) is 68.7 Å². The third-order valence-corrected chi connectivity index (χ3v) is 7.51. The van der Waals surface area contributed by atoms with Crippen LogP contribution in [0.4, 0.5) is 15.9 Å². The summed E-state index contributed by atoms with van der Waals surface area (Å²) in [5, 5.41) is 7.44. The predicted molar refractivity (Wildman–Crippen MR) is 119 cm³/mol. The van der Waals surface area contributed by atoms with Crippen LogP contribution in [0.5, 0.6) is 0 Å². The van der Waals surface area contributed by atoms with Gasteiger partial charge in [0.1, 0.15) is 18.0 Å². The largest absolute Gasteiger partial charge is 0.357 e. The van der Waals surface area contributed by atoms with Crippen LogP contribution in [-0.2, 0) is 4.79 Å². The molecule has 2 aromatic heterocycles. The Balaban J connectivity index is 1.12. The lowest BCUT2D eigenvalue weighted by Crippen LogP contribution is -2.43. The Kier molecular flexibility index (Phi) is 5.10. The number of halogens is 1. The number of carbonyl (C=O) groups is 1. The summed E-state index contributed by atoms with van der Waals surface area (Å²) in [5.41, 5.74) is 7.93. The molecule has 0 radical (unpaired) electrons. The van der Waals surface area contributed by atoms with Crippen LogP contribution in [0, 0.1) is 5.92 Å². The van der Waals surface area contributed by atoms with Crippen molar-refractivity contribution in [3.8, 4) is 0 Å². The minimum atomic E-state index is -0.938. The minimum absolute atomic E-state index is 0.0214. The molecular formula is C23H30FN7O. The van der Waals surface area contributed by atoms with E-state index in [0.29, 0.717) is 24.6 Å². The number of hydrazine groups is 1. The molecule has 4 aliphatic rings. The monoisotopic (exact) mass is 439 g/mol. The van der Waals surface area contributed by atoms with E-state index in [4.69, 9.17) is 0 Å². The fourth-order valence-corrected chi connectivity index (χ4v) is 5.53. The van der Waals surface area contributed by atoms with Crippen LogP contribution in [-0.4, -0.2) is 52.0 Å². The van der Waals surface area contributed by atoms with Gasteiger partial charge in [-0.15, -0.1) is 0 Å². The van der Waals surface area contributed by atoms with Gasteiger partial charge in [-0.05, 0) is 56.2 Å². The molecule has 2 saturated heterocycles. The number of carbonyl (C=O) groups excluding carboxylic acids is 1. The lowest BCUT2D eigenvalue weighted by atomic mass is 9.73. The van der Waals surface area contributed by atoms with E-state index in [9.17, 15) is 4.79 Å². The van der Waals surface area contributed by atoms with Crippen LogP contribution in [0.2, 0.25) is 0 Å². The van der Waals surface area contributed by atoms with E-state index >= 15 is 4.39 Å². The molecule has 0 spiro atoms. The van der Waals surface area contributed by atoms with Gasteiger partial charge in [0.25, 0.3) is 0 Å². The van der Waals surface area contributed by atoms with Gasteiger partial charge in [-0.2, -0.15) is 5.10 Å². The molecule has 9 heteroatoms. The molecule has 4 fully saturated rings. The fourth-order valence-electron chi connectivity index (χ4n) is 5.53. The Labute approximate surface area is 186 Å². The standard InChI is InChI=1S/C23H30FN7O/c24-19-10-20-18(9-17(19)14-11-26-31(13-14)16-4-5-16)22(29-28-20)23(32)27-15-3-6-21(25-12-15)30-7-1-2-8-30/h3,6,11-13,16-20,22,28-29H,1-2,4-5,7-10H2,(H,27,32). The molecule has 1 amide bonds. The van der Waals surface area contributed by atoms with Gasteiger partial charge in [-0.25, -0.2) is 14.8 Å². The van der Waals surface area contributed by atoms with Gasteiger partial charge in [-0.3, -0.25) is 14.9 Å². The van der Waals surface area contributed by atoms with Crippen LogP contribution < -0.4 is 21.1 Å². The Morgan fingerprint density at radius 1 is 1.12 bits per heavy atom. The first kappa shape index (κ1) is 20.1. The highest BCUT2D eigenvalue weighted by Crippen LogP contribution is 2.42. The summed E-state index contributed by atoms with van der Waals surface area (Å²) in [6.45, 7) is 2.07. The summed E-state index contributed by atoms with van der Waals surface area (Å²) >= 11 is 0. The topological polar surface area (TPSA) is 87.1 Å². The predicted octanol–water partition coefficient (Wildman–Crippen LogP) is 2.53. The number of rotatable bonds is 5. The van der Waals surface area contributed by atoms with Crippen LogP contribution >= 0.6 is 0 Å². The van der Waals surface area contributed by atoms with Gasteiger partial charge in [0.2, 0.25) is 5.91 Å². The van der Waals surface area contributed by atoms with Crippen molar-refractivity contribution >= 4 is 17.4 Å². The zero-order chi connectivity index (χ0) is 21.7. The van der Waals surface area contributed by atoms with Gasteiger partial charge in [0, 0.05) is 37.2 Å². The smallest absolute Gasteiger partial charge is 0.243 e. The minimum Gasteiger partial charge on any atom is -0.357 e. The molecule has 2 aliphatic carbocycles. The average Bonchev–Trinajstić information content (AvgIpc) is 3.20. The molecule has 4 heterocycles. The lowest BCUT2D eigenvalue weighted by molar-refractivity contribution is -0.119. The van der Waals surface area contributed by atoms with Gasteiger partial charge in [-0.1, -0.05) is 0 Å². The number of amides is 1. The number of pyridine rings is 1. The molecular weight excluding hydrogens is 409 g/mol. The summed E-state index contributed by atoms with van der Waals surface area (Å²) in [5.74, 6) is 0.651. The number of alkyl halides is 1. The summed E-state index contributed by atoms with van der Waals surface area (Å²) in [7, 11) is 0. The van der Waals surface area contributed by atoms with E-state index in [0.717, 1.165) is 37.3 Å². The van der Waals surface area contributed by atoms with Crippen LogP contribution in [0.3, 0.4) is 0 Å². The quantitative estimate of drug-likeness (QED) is 0.664. The molecule has 170 valence electrons. The van der Waals surface area contributed by atoms with Gasteiger partial charge < -0.3 is 10.2 Å². The van der Waals surface area contributed by atoms with Gasteiger partial charge >= 0.3 is 0 Å². The highest BCUT2D eigenvalue weighted by atomic mass is 19.1. The normalized spacial score (nSPS) is 32.2. The highest BCUT2D eigenvalue weighted by molar-refractivity contribution is 5.95. The number of nitrogens with one attached hydrogen (secondary N) is 3. The summed E-state index contributed by atoms with van der Waals surface area (Å²) in [6, 6.07) is 3.90. The van der Waals surface area contributed by atoms with Crippen LogP contribution in [0.15, 0.2) is 30.7 Å². The Morgan fingerprint density at radius 2 is 1.97 bits per heavy atom. The van der Waals surface area contributed by atoms with Gasteiger partial charge in [0.05, 0.1) is 24.1 Å².